The summed E-state index contributed by atoms with van der Waals surface area (Å²) in [5.74, 6) is 0.0850. The summed E-state index contributed by atoms with van der Waals surface area (Å²) < 4.78 is 32.1. The van der Waals surface area contributed by atoms with Crippen LogP contribution in [0.2, 0.25) is 0 Å². The van der Waals surface area contributed by atoms with Crippen LogP contribution in [-0.2, 0) is 19.0 Å². The van der Waals surface area contributed by atoms with E-state index in [0.29, 0.717) is 13.3 Å². The highest BCUT2D eigenvalue weighted by atomic mass is 32.2. The summed E-state index contributed by atoms with van der Waals surface area (Å²) >= 11 is 0. The molecule has 0 atom stereocenters. The number of hydrogen-bond donors (Lipinski definition) is 0. The third-order valence-electron chi connectivity index (χ3n) is 2.51. The molecular weight excluding hydrogens is 220 g/mol. The molecule has 7 heteroatoms. The Hall–Kier alpha value is -0.210. The van der Waals surface area contributed by atoms with E-state index in [2.05, 4.69) is 4.90 Å². The molecular formula is C8H16N2O4S. The van der Waals surface area contributed by atoms with Crippen LogP contribution in [0.25, 0.3) is 0 Å². The molecule has 0 bridgehead atoms. The van der Waals surface area contributed by atoms with E-state index in [-0.39, 0.29) is 12.5 Å². The highest BCUT2D eigenvalue weighted by molar-refractivity contribution is 7.86. The lowest BCUT2D eigenvalue weighted by Gasteiger charge is -2.33. The largest absolute Gasteiger partial charge is 0.366 e. The number of nitrogens with zero attached hydrogens (tertiary/aromatic N) is 2. The second-order valence-corrected chi connectivity index (χ2v) is 5.59. The van der Waals surface area contributed by atoms with E-state index in [1.165, 1.54) is 0 Å². The molecule has 0 aromatic rings. The zero-order valence-corrected chi connectivity index (χ0v) is 9.41. The lowest BCUT2D eigenvalue weighted by molar-refractivity contribution is -0.0507. The van der Waals surface area contributed by atoms with E-state index in [0.717, 1.165) is 26.2 Å². The molecule has 2 heterocycles. The monoisotopic (exact) mass is 236 g/mol. The zero-order chi connectivity index (χ0) is 10.7. The molecule has 2 aliphatic rings. The van der Waals surface area contributed by atoms with Gasteiger partial charge in [0.05, 0.1) is 19.2 Å². The minimum Gasteiger partial charge on any atom is -0.366 e. The van der Waals surface area contributed by atoms with Crippen LogP contribution >= 0.6 is 0 Å². The van der Waals surface area contributed by atoms with Crippen LogP contribution in [0.5, 0.6) is 0 Å². The van der Waals surface area contributed by atoms with Gasteiger partial charge in [-0.2, -0.15) is 8.42 Å². The summed E-state index contributed by atoms with van der Waals surface area (Å²) in [6.07, 6.45) is 1.03. The second kappa shape index (κ2) is 4.75. The van der Waals surface area contributed by atoms with Gasteiger partial charge in [0.1, 0.15) is 6.73 Å². The Balaban J connectivity index is 1.76. The first-order valence-electron chi connectivity index (χ1n) is 5.05. The second-order valence-electron chi connectivity index (χ2n) is 3.83. The highest BCUT2D eigenvalue weighted by Crippen LogP contribution is 2.08. The molecule has 0 spiro atoms. The maximum Gasteiger partial charge on any atom is 0.269 e. The van der Waals surface area contributed by atoms with Crippen LogP contribution in [0.3, 0.4) is 0 Å². The molecule has 2 aliphatic heterocycles. The molecule has 6 nitrogen and oxygen atoms in total. The van der Waals surface area contributed by atoms with Gasteiger partial charge in [-0.3, -0.25) is 14.0 Å². The predicted octanol–water partition coefficient (Wildman–Crippen LogP) is -0.757. The van der Waals surface area contributed by atoms with Crippen molar-refractivity contribution in [2.45, 2.75) is 6.42 Å². The molecule has 0 radical (unpaired) electrons. The Morgan fingerprint density at radius 1 is 1.13 bits per heavy atom. The molecule has 0 aliphatic carbocycles. The summed E-state index contributed by atoms with van der Waals surface area (Å²) in [5, 5.41) is 0. The molecule has 0 saturated carbocycles. The Morgan fingerprint density at radius 3 is 2.53 bits per heavy atom. The Bertz CT molecular complexity index is 286. The van der Waals surface area contributed by atoms with Crippen molar-refractivity contribution in [3.63, 3.8) is 0 Å². The fraction of sp³-hybridized carbons (Fsp3) is 1.00. The Labute approximate surface area is 89.9 Å². The molecule has 0 aromatic heterocycles. The topological polar surface area (TPSA) is 59.1 Å². The van der Waals surface area contributed by atoms with E-state index < -0.39 is 10.1 Å². The quantitative estimate of drug-likeness (QED) is 0.588. The van der Waals surface area contributed by atoms with Crippen LogP contribution in [0, 0.1) is 0 Å². The van der Waals surface area contributed by atoms with Crippen molar-refractivity contribution in [3.05, 3.63) is 0 Å². The average Bonchev–Trinajstić information content (AvgIpc) is 2.23. The van der Waals surface area contributed by atoms with Gasteiger partial charge in [0.25, 0.3) is 10.1 Å². The highest BCUT2D eigenvalue weighted by Gasteiger charge is 2.24. The van der Waals surface area contributed by atoms with Crippen LogP contribution in [-0.4, -0.2) is 63.8 Å². The number of ether oxygens (including phenoxy) is 1. The lowest BCUT2D eigenvalue weighted by atomic mass is 10.4. The smallest absolute Gasteiger partial charge is 0.269 e. The fourth-order valence-electron chi connectivity index (χ4n) is 1.67. The van der Waals surface area contributed by atoms with Gasteiger partial charge in [0.15, 0.2) is 0 Å². The van der Waals surface area contributed by atoms with Crippen LogP contribution in [0.4, 0.5) is 0 Å². The van der Waals surface area contributed by atoms with Gasteiger partial charge in [-0.05, 0) is 6.42 Å². The van der Waals surface area contributed by atoms with Gasteiger partial charge in [0.2, 0.25) is 0 Å². The molecule has 0 unspecified atom stereocenters. The first-order valence-corrected chi connectivity index (χ1v) is 6.63. The van der Waals surface area contributed by atoms with E-state index in [1.54, 1.807) is 0 Å². The van der Waals surface area contributed by atoms with Crippen LogP contribution < -0.4 is 0 Å². The predicted molar refractivity (Wildman–Crippen MR) is 53.5 cm³/mol. The fourth-order valence-corrected chi connectivity index (χ4v) is 2.58. The minimum absolute atomic E-state index is 0.0850. The van der Waals surface area contributed by atoms with Crippen molar-refractivity contribution in [1.29, 1.82) is 0 Å². The molecule has 2 rings (SSSR count). The molecule has 0 N–H and O–H groups in total. The molecule has 2 saturated heterocycles. The van der Waals surface area contributed by atoms with Gasteiger partial charge >= 0.3 is 0 Å². The third-order valence-corrected chi connectivity index (χ3v) is 3.66. The summed E-state index contributed by atoms with van der Waals surface area (Å²) in [5.41, 5.74) is 0. The normalized spacial score (nSPS) is 29.1. The van der Waals surface area contributed by atoms with E-state index >= 15 is 0 Å². The standard InChI is InChI=1S/C8H16N2O4S/c11-15(12)5-3-10(8-14-15)6-9-2-1-4-13-7-9/h1-8H2. The molecule has 2 fully saturated rings. The molecule has 0 aromatic carbocycles. The first kappa shape index (κ1) is 11.3. The summed E-state index contributed by atoms with van der Waals surface area (Å²) in [4.78, 5) is 4.11. The van der Waals surface area contributed by atoms with E-state index in [4.69, 9.17) is 8.92 Å². The Morgan fingerprint density at radius 2 is 1.93 bits per heavy atom. The van der Waals surface area contributed by atoms with Crippen molar-refractivity contribution in [3.8, 4) is 0 Å². The van der Waals surface area contributed by atoms with Gasteiger partial charge < -0.3 is 4.74 Å². The van der Waals surface area contributed by atoms with Gasteiger partial charge in [0, 0.05) is 19.7 Å². The summed E-state index contributed by atoms with van der Waals surface area (Å²) in [7, 11) is -3.25. The van der Waals surface area contributed by atoms with E-state index in [1.807, 2.05) is 4.90 Å². The van der Waals surface area contributed by atoms with Crippen LogP contribution in [0.1, 0.15) is 6.42 Å². The van der Waals surface area contributed by atoms with Crippen molar-refractivity contribution in [2.24, 2.45) is 0 Å². The Kier molecular flexibility index (Phi) is 3.57. The number of rotatable bonds is 2. The SMILES string of the molecule is O=S1(=O)CCN(CN2CCCOC2)CO1. The van der Waals surface area contributed by atoms with Crippen molar-refractivity contribution < 1.29 is 17.3 Å². The van der Waals surface area contributed by atoms with E-state index in [9.17, 15) is 8.42 Å². The lowest BCUT2D eigenvalue weighted by Crippen LogP contribution is -2.47. The maximum absolute atomic E-state index is 11.0. The maximum atomic E-state index is 11.0. The van der Waals surface area contributed by atoms with Crippen molar-refractivity contribution in [1.82, 2.24) is 9.80 Å². The minimum atomic E-state index is -3.25. The molecule has 0 amide bonds. The van der Waals surface area contributed by atoms with Gasteiger partial charge in [-0.15, -0.1) is 0 Å². The van der Waals surface area contributed by atoms with Gasteiger partial charge in [-0.25, -0.2) is 0 Å². The third kappa shape index (κ3) is 3.39. The molecule has 15 heavy (non-hydrogen) atoms. The average molecular weight is 236 g/mol. The van der Waals surface area contributed by atoms with Gasteiger partial charge in [-0.1, -0.05) is 0 Å². The first-order chi connectivity index (χ1) is 7.16. The van der Waals surface area contributed by atoms with Crippen LogP contribution in [0.15, 0.2) is 0 Å². The number of hydrogen-bond acceptors (Lipinski definition) is 6. The summed E-state index contributed by atoms with van der Waals surface area (Å²) in [6.45, 7) is 3.88. The van der Waals surface area contributed by atoms with Crippen molar-refractivity contribution in [2.75, 3.05) is 45.6 Å². The van der Waals surface area contributed by atoms with Crippen molar-refractivity contribution >= 4 is 10.1 Å². The summed E-state index contributed by atoms with van der Waals surface area (Å²) in [6, 6.07) is 0. The molecule has 88 valence electrons. The zero-order valence-electron chi connectivity index (χ0n) is 8.59.